The van der Waals surface area contributed by atoms with Crippen LogP contribution >= 0.6 is 15.9 Å². The molecule has 2 aromatic rings. The van der Waals surface area contributed by atoms with Crippen molar-refractivity contribution in [3.8, 4) is 0 Å². The second-order valence-electron chi connectivity index (χ2n) is 4.55. The normalized spacial score (nSPS) is 10.4. The van der Waals surface area contributed by atoms with E-state index in [1.807, 2.05) is 12.1 Å². The molecule has 0 unspecified atom stereocenters. The first-order valence-corrected chi connectivity index (χ1v) is 6.67. The van der Waals surface area contributed by atoms with E-state index in [9.17, 15) is 0 Å². The molecule has 0 fully saturated rings. The third kappa shape index (κ3) is 3.05. The van der Waals surface area contributed by atoms with Crippen molar-refractivity contribution >= 4 is 27.3 Å². The SMILES string of the molecule is Cc1cccc(N(C)Cc2ccc(N)cc2Br)c1. The molecule has 0 heterocycles. The van der Waals surface area contributed by atoms with E-state index in [0.717, 1.165) is 16.7 Å². The summed E-state index contributed by atoms with van der Waals surface area (Å²) in [6, 6.07) is 14.4. The van der Waals surface area contributed by atoms with E-state index in [1.54, 1.807) is 0 Å². The summed E-state index contributed by atoms with van der Waals surface area (Å²) in [5.41, 5.74) is 10.3. The number of nitrogens with two attached hydrogens (primary N) is 1. The van der Waals surface area contributed by atoms with Gasteiger partial charge in [-0.1, -0.05) is 34.1 Å². The molecule has 0 aliphatic heterocycles. The molecule has 2 nitrogen and oxygen atoms in total. The van der Waals surface area contributed by atoms with Gasteiger partial charge in [-0.25, -0.2) is 0 Å². The van der Waals surface area contributed by atoms with Gasteiger partial charge in [-0.15, -0.1) is 0 Å². The first-order chi connectivity index (χ1) is 8.56. The molecule has 0 saturated heterocycles. The van der Waals surface area contributed by atoms with Crippen molar-refractivity contribution in [2.24, 2.45) is 0 Å². The maximum Gasteiger partial charge on any atom is 0.0437 e. The fraction of sp³-hybridized carbons (Fsp3) is 0.200. The smallest absolute Gasteiger partial charge is 0.0437 e. The third-order valence-electron chi connectivity index (χ3n) is 2.93. The highest BCUT2D eigenvalue weighted by Crippen LogP contribution is 2.23. The summed E-state index contributed by atoms with van der Waals surface area (Å²) in [5, 5.41) is 0. The van der Waals surface area contributed by atoms with E-state index in [0.29, 0.717) is 0 Å². The minimum atomic E-state index is 0.781. The molecule has 2 aromatic carbocycles. The Bertz CT molecular complexity index is 552. The maximum absolute atomic E-state index is 5.75. The van der Waals surface area contributed by atoms with Gasteiger partial charge in [0.05, 0.1) is 0 Å². The van der Waals surface area contributed by atoms with Crippen LogP contribution in [0.2, 0.25) is 0 Å². The molecule has 0 aromatic heterocycles. The van der Waals surface area contributed by atoms with Gasteiger partial charge in [-0.2, -0.15) is 0 Å². The van der Waals surface area contributed by atoms with E-state index >= 15 is 0 Å². The van der Waals surface area contributed by atoms with Crippen molar-refractivity contribution in [2.45, 2.75) is 13.5 Å². The lowest BCUT2D eigenvalue weighted by molar-refractivity contribution is 0.918. The third-order valence-corrected chi connectivity index (χ3v) is 3.67. The van der Waals surface area contributed by atoms with E-state index in [-0.39, 0.29) is 0 Å². The van der Waals surface area contributed by atoms with Crippen LogP contribution in [0.4, 0.5) is 11.4 Å². The number of rotatable bonds is 3. The summed E-state index contributed by atoms with van der Waals surface area (Å²) in [7, 11) is 2.09. The molecule has 0 radical (unpaired) electrons. The Morgan fingerprint density at radius 3 is 2.61 bits per heavy atom. The van der Waals surface area contributed by atoms with Gasteiger partial charge in [0, 0.05) is 29.4 Å². The number of halogens is 1. The highest BCUT2D eigenvalue weighted by atomic mass is 79.9. The Morgan fingerprint density at radius 1 is 1.17 bits per heavy atom. The molecular formula is C15H17BrN2. The summed E-state index contributed by atoms with van der Waals surface area (Å²) < 4.78 is 1.06. The lowest BCUT2D eigenvalue weighted by Crippen LogP contribution is -2.16. The average Bonchev–Trinajstić information content (AvgIpc) is 2.32. The Balaban J connectivity index is 2.18. The first-order valence-electron chi connectivity index (χ1n) is 5.88. The molecule has 0 atom stereocenters. The molecular weight excluding hydrogens is 288 g/mol. The number of nitrogens with zero attached hydrogens (tertiary/aromatic N) is 1. The fourth-order valence-electron chi connectivity index (χ4n) is 1.90. The first kappa shape index (κ1) is 13.0. The predicted octanol–water partition coefficient (Wildman–Crippen LogP) is 3.98. The van der Waals surface area contributed by atoms with Crippen LogP contribution in [0.15, 0.2) is 46.9 Å². The number of anilines is 2. The maximum atomic E-state index is 5.75. The monoisotopic (exact) mass is 304 g/mol. The summed E-state index contributed by atoms with van der Waals surface area (Å²) in [4.78, 5) is 2.23. The summed E-state index contributed by atoms with van der Waals surface area (Å²) in [6.07, 6.45) is 0. The van der Waals surface area contributed by atoms with Crippen LogP contribution in [0.25, 0.3) is 0 Å². The summed E-state index contributed by atoms with van der Waals surface area (Å²) in [6.45, 7) is 2.96. The molecule has 0 aliphatic rings. The van der Waals surface area contributed by atoms with Gasteiger partial charge in [-0.05, 0) is 42.3 Å². The largest absolute Gasteiger partial charge is 0.399 e. The van der Waals surface area contributed by atoms with Crippen LogP contribution in [0.1, 0.15) is 11.1 Å². The Morgan fingerprint density at radius 2 is 1.94 bits per heavy atom. The molecule has 2 rings (SSSR count). The average molecular weight is 305 g/mol. The van der Waals surface area contributed by atoms with Crippen LogP contribution in [-0.4, -0.2) is 7.05 Å². The number of hydrogen-bond acceptors (Lipinski definition) is 2. The minimum absolute atomic E-state index is 0.781. The van der Waals surface area contributed by atoms with Crippen molar-refractivity contribution in [2.75, 3.05) is 17.7 Å². The highest BCUT2D eigenvalue weighted by Gasteiger charge is 2.05. The number of hydrogen-bond donors (Lipinski definition) is 1. The van der Waals surface area contributed by atoms with E-state index in [2.05, 4.69) is 65.1 Å². The number of nitrogen functional groups attached to an aromatic ring is 1. The van der Waals surface area contributed by atoms with Crippen LogP contribution in [-0.2, 0) is 6.54 Å². The van der Waals surface area contributed by atoms with Gasteiger partial charge in [0.25, 0.3) is 0 Å². The van der Waals surface area contributed by atoms with Gasteiger partial charge in [0.1, 0.15) is 0 Å². The zero-order valence-electron chi connectivity index (χ0n) is 10.7. The molecule has 0 bridgehead atoms. The second kappa shape index (κ2) is 5.44. The zero-order chi connectivity index (χ0) is 13.1. The van der Waals surface area contributed by atoms with Crippen LogP contribution in [0, 0.1) is 6.92 Å². The van der Waals surface area contributed by atoms with Gasteiger partial charge < -0.3 is 10.6 Å². The van der Waals surface area contributed by atoms with Gasteiger partial charge in [-0.3, -0.25) is 0 Å². The van der Waals surface area contributed by atoms with Gasteiger partial charge in [0.2, 0.25) is 0 Å². The van der Waals surface area contributed by atoms with E-state index < -0.39 is 0 Å². The van der Waals surface area contributed by atoms with Crippen LogP contribution < -0.4 is 10.6 Å². The molecule has 0 amide bonds. The lowest BCUT2D eigenvalue weighted by Gasteiger charge is -2.20. The number of benzene rings is 2. The predicted molar refractivity (Wildman–Crippen MR) is 81.8 cm³/mol. The Labute approximate surface area is 117 Å². The van der Waals surface area contributed by atoms with Gasteiger partial charge in [0.15, 0.2) is 0 Å². The van der Waals surface area contributed by atoms with Crippen molar-refractivity contribution < 1.29 is 0 Å². The standard InChI is InChI=1S/C15H17BrN2/c1-11-4-3-5-14(8-11)18(2)10-12-6-7-13(17)9-15(12)16/h3-9H,10,17H2,1-2H3. The van der Waals surface area contributed by atoms with E-state index in [1.165, 1.54) is 16.8 Å². The second-order valence-corrected chi connectivity index (χ2v) is 5.40. The number of aryl methyl sites for hydroxylation is 1. The van der Waals surface area contributed by atoms with Crippen LogP contribution in [0.3, 0.4) is 0 Å². The van der Waals surface area contributed by atoms with Crippen molar-refractivity contribution in [3.05, 3.63) is 58.1 Å². The topological polar surface area (TPSA) is 29.3 Å². The lowest BCUT2D eigenvalue weighted by atomic mass is 10.1. The molecule has 0 aliphatic carbocycles. The zero-order valence-corrected chi connectivity index (χ0v) is 12.2. The molecule has 0 spiro atoms. The highest BCUT2D eigenvalue weighted by molar-refractivity contribution is 9.10. The molecule has 0 saturated carbocycles. The van der Waals surface area contributed by atoms with Gasteiger partial charge >= 0.3 is 0 Å². The minimum Gasteiger partial charge on any atom is -0.399 e. The molecule has 18 heavy (non-hydrogen) atoms. The van der Waals surface area contributed by atoms with Crippen LogP contribution in [0.5, 0.6) is 0 Å². The quantitative estimate of drug-likeness (QED) is 0.869. The molecule has 3 heteroatoms. The molecule has 94 valence electrons. The Hall–Kier alpha value is -1.48. The fourth-order valence-corrected chi connectivity index (χ4v) is 2.43. The summed E-state index contributed by atoms with van der Waals surface area (Å²) in [5.74, 6) is 0. The summed E-state index contributed by atoms with van der Waals surface area (Å²) >= 11 is 3.56. The van der Waals surface area contributed by atoms with Crippen molar-refractivity contribution in [1.29, 1.82) is 0 Å². The van der Waals surface area contributed by atoms with Crippen molar-refractivity contribution in [1.82, 2.24) is 0 Å². The Kier molecular flexibility index (Phi) is 3.92. The van der Waals surface area contributed by atoms with E-state index in [4.69, 9.17) is 5.73 Å². The molecule has 2 N–H and O–H groups in total. The van der Waals surface area contributed by atoms with Crippen molar-refractivity contribution in [3.63, 3.8) is 0 Å².